The van der Waals surface area contributed by atoms with E-state index in [0.717, 1.165) is 12.1 Å². The molecule has 1 heterocycles. The van der Waals surface area contributed by atoms with Crippen molar-refractivity contribution in [1.29, 1.82) is 0 Å². The summed E-state index contributed by atoms with van der Waals surface area (Å²) in [6, 6.07) is 4.36. The van der Waals surface area contributed by atoms with E-state index in [4.69, 9.17) is 10.5 Å². The summed E-state index contributed by atoms with van der Waals surface area (Å²) in [5, 5.41) is 4.26. The van der Waals surface area contributed by atoms with Gasteiger partial charge in [-0.15, -0.1) is 0 Å². The number of nitrogen functional groups attached to an aromatic ring is 1. The minimum Gasteiger partial charge on any atom is -0.437 e. The lowest BCUT2D eigenvalue weighted by atomic mass is 10.2. The lowest BCUT2D eigenvalue weighted by molar-refractivity contribution is 0.428. The number of rotatable bonds is 3. The van der Waals surface area contributed by atoms with Crippen LogP contribution in [0.25, 0.3) is 0 Å². The van der Waals surface area contributed by atoms with Gasteiger partial charge in [-0.1, -0.05) is 6.92 Å². The maximum atomic E-state index is 13.0. The Balaban J connectivity index is 2.37. The normalized spacial score (nSPS) is 10.7. The van der Waals surface area contributed by atoms with Gasteiger partial charge in [-0.3, -0.25) is 0 Å². The fourth-order valence-corrected chi connectivity index (χ4v) is 1.79. The van der Waals surface area contributed by atoms with Gasteiger partial charge in [-0.25, -0.2) is 9.07 Å². The number of hydrogen-bond acceptors (Lipinski definition) is 3. The van der Waals surface area contributed by atoms with Gasteiger partial charge in [-0.05, 0) is 37.1 Å². The quantitative estimate of drug-likeness (QED) is 0.910. The molecule has 0 unspecified atom stereocenters. The Labute approximate surface area is 105 Å². The average molecular weight is 249 g/mol. The first-order valence-electron chi connectivity index (χ1n) is 5.78. The average Bonchev–Trinajstić information content (AvgIpc) is 2.59. The second-order valence-corrected chi connectivity index (χ2v) is 4.15. The van der Waals surface area contributed by atoms with Gasteiger partial charge in [0.25, 0.3) is 0 Å². The van der Waals surface area contributed by atoms with Crippen LogP contribution in [0.4, 0.5) is 10.1 Å². The van der Waals surface area contributed by atoms with Crippen molar-refractivity contribution in [3.8, 4) is 11.6 Å². The number of nitrogens with zero attached hydrogens (tertiary/aromatic N) is 2. The van der Waals surface area contributed by atoms with Crippen LogP contribution >= 0.6 is 0 Å². The van der Waals surface area contributed by atoms with Gasteiger partial charge in [0.05, 0.1) is 5.69 Å². The van der Waals surface area contributed by atoms with Crippen LogP contribution in [0.3, 0.4) is 0 Å². The molecule has 0 aliphatic carbocycles. The number of hydrogen-bond donors (Lipinski definition) is 1. The monoisotopic (exact) mass is 249 g/mol. The molecule has 0 fully saturated rings. The molecule has 5 heteroatoms. The molecule has 0 aliphatic heterocycles. The predicted octanol–water partition coefficient (Wildman–Crippen LogP) is 2.80. The van der Waals surface area contributed by atoms with E-state index in [1.807, 2.05) is 6.92 Å². The van der Waals surface area contributed by atoms with E-state index in [0.29, 0.717) is 22.9 Å². The Morgan fingerprint density at radius 2 is 2.17 bits per heavy atom. The lowest BCUT2D eigenvalue weighted by Gasteiger charge is -2.09. The predicted molar refractivity (Wildman–Crippen MR) is 68.2 cm³/mol. The Kier molecular flexibility index (Phi) is 3.23. The number of nitrogens with two attached hydrogens (primary N) is 1. The van der Waals surface area contributed by atoms with Crippen LogP contribution in [0.1, 0.15) is 18.2 Å². The van der Waals surface area contributed by atoms with Crippen LogP contribution in [0.5, 0.6) is 11.6 Å². The van der Waals surface area contributed by atoms with Gasteiger partial charge in [0, 0.05) is 7.05 Å². The number of anilines is 1. The van der Waals surface area contributed by atoms with Crippen molar-refractivity contribution in [3.63, 3.8) is 0 Å². The molecule has 18 heavy (non-hydrogen) atoms. The van der Waals surface area contributed by atoms with Crippen molar-refractivity contribution in [1.82, 2.24) is 9.78 Å². The molecule has 0 aliphatic rings. The highest BCUT2D eigenvalue weighted by molar-refractivity contribution is 5.54. The van der Waals surface area contributed by atoms with Crippen LogP contribution in [0.15, 0.2) is 18.2 Å². The van der Waals surface area contributed by atoms with Crippen LogP contribution < -0.4 is 10.5 Å². The molecule has 0 saturated carbocycles. The van der Waals surface area contributed by atoms with Crippen LogP contribution in [0, 0.1) is 12.7 Å². The second-order valence-electron chi connectivity index (χ2n) is 4.15. The van der Waals surface area contributed by atoms with Crippen molar-refractivity contribution in [3.05, 3.63) is 35.3 Å². The first kappa shape index (κ1) is 12.4. The maximum absolute atomic E-state index is 13.0. The third-order valence-electron chi connectivity index (χ3n) is 2.78. The SMILES string of the molecule is CCc1nn(C)c(Oc2ccc(F)cc2C)c1N. The second kappa shape index (κ2) is 4.68. The molecule has 0 atom stereocenters. The standard InChI is InChI=1S/C13H16FN3O/c1-4-10-12(15)13(17(3)16-10)18-11-6-5-9(14)7-8(11)2/h5-7H,4,15H2,1-3H3. The molecule has 2 aromatic rings. The third kappa shape index (κ3) is 2.16. The Morgan fingerprint density at radius 3 is 2.72 bits per heavy atom. The van der Waals surface area contributed by atoms with Crippen molar-refractivity contribution in [2.24, 2.45) is 7.05 Å². The number of ether oxygens (including phenoxy) is 1. The number of aryl methyl sites for hydroxylation is 3. The molecular weight excluding hydrogens is 233 g/mol. The number of benzene rings is 1. The first-order chi connectivity index (χ1) is 8.52. The molecule has 0 spiro atoms. The minimum absolute atomic E-state index is 0.285. The minimum atomic E-state index is -0.285. The molecular formula is C13H16FN3O. The number of aromatic nitrogens is 2. The topological polar surface area (TPSA) is 53.1 Å². The van der Waals surface area contributed by atoms with Gasteiger partial charge in [0.15, 0.2) is 0 Å². The molecule has 0 saturated heterocycles. The van der Waals surface area contributed by atoms with Crippen LogP contribution in [0.2, 0.25) is 0 Å². The summed E-state index contributed by atoms with van der Waals surface area (Å²) in [4.78, 5) is 0. The van der Waals surface area contributed by atoms with E-state index < -0.39 is 0 Å². The summed E-state index contributed by atoms with van der Waals surface area (Å²) >= 11 is 0. The molecule has 96 valence electrons. The van der Waals surface area contributed by atoms with Gasteiger partial charge in [0.2, 0.25) is 5.88 Å². The van der Waals surface area contributed by atoms with E-state index >= 15 is 0 Å². The summed E-state index contributed by atoms with van der Waals surface area (Å²) in [6.07, 6.45) is 0.742. The highest BCUT2D eigenvalue weighted by atomic mass is 19.1. The lowest BCUT2D eigenvalue weighted by Crippen LogP contribution is -1.98. The van der Waals surface area contributed by atoms with Crippen molar-refractivity contribution >= 4 is 5.69 Å². The smallest absolute Gasteiger partial charge is 0.241 e. The van der Waals surface area contributed by atoms with Crippen molar-refractivity contribution in [2.45, 2.75) is 20.3 Å². The summed E-state index contributed by atoms with van der Waals surface area (Å²) in [6.45, 7) is 3.76. The van der Waals surface area contributed by atoms with E-state index in [9.17, 15) is 4.39 Å². The Morgan fingerprint density at radius 1 is 1.44 bits per heavy atom. The van der Waals surface area contributed by atoms with Crippen LogP contribution in [-0.4, -0.2) is 9.78 Å². The summed E-state index contributed by atoms with van der Waals surface area (Å²) < 4.78 is 20.3. The van der Waals surface area contributed by atoms with E-state index in [2.05, 4.69) is 5.10 Å². The largest absolute Gasteiger partial charge is 0.437 e. The van der Waals surface area contributed by atoms with Crippen molar-refractivity contribution in [2.75, 3.05) is 5.73 Å². The molecule has 0 radical (unpaired) electrons. The summed E-state index contributed by atoms with van der Waals surface area (Å²) in [5.74, 6) is 0.780. The Hall–Kier alpha value is -2.04. The van der Waals surface area contributed by atoms with E-state index in [1.165, 1.54) is 12.1 Å². The molecule has 0 amide bonds. The zero-order valence-electron chi connectivity index (χ0n) is 10.7. The van der Waals surface area contributed by atoms with Gasteiger partial charge >= 0.3 is 0 Å². The molecule has 2 N–H and O–H groups in total. The molecule has 2 rings (SSSR count). The van der Waals surface area contributed by atoms with E-state index in [1.54, 1.807) is 24.7 Å². The summed E-state index contributed by atoms with van der Waals surface area (Å²) in [5.41, 5.74) is 8.01. The van der Waals surface area contributed by atoms with Gasteiger partial charge < -0.3 is 10.5 Å². The third-order valence-corrected chi connectivity index (χ3v) is 2.78. The molecule has 1 aromatic heterocycles. The van der Waals surface area contributed by atoms with Crippen LogP contribution in [-0.2, 0) is 13.5 Å². The zero-order valence-corrected chi connectivity index (χ0v) is 10.7. The fourth-order valence-electron chi connectivity index (χ4n) is 1.79. The van der Waals surface area contributed by atoms with Gasteiger partial charge in [-0.2, -0.15) is 5.10 Å². The highest BCUT2D eigenvalue weighted by Gasteiger charge is 2.15. The Bertz CT molecular complexity index is 578. The maximum Gasteiger partial charge on any atom is 0.241 e. The number of halogens is 1. The fraction of sp³-hybridized carbons (Fsp3) is 0.308. The molecule has 0 bridgehead atoms. The first-order valence-corrected chi connectivity index (χ1v) is 5.78. The van der Waals surface area contributed by atoms with E-state index in [-0.39, 0.29) is 5.82 Å². The van der Waals surface area contributed by atoms with Gasteiger partial charge in [0.1, 0.15) is 17.3 Å². The zero-order chi connectivity index (χ0) is 13.3. The molecule has 1 aromatic carbocycles. The van der Waals surface area contributed by atoms with Crippen molar-refractivity contribution < 1.29 is 9.13 Å². The molecule has 4 nitrogen and oxygen atoms in total. The highest BCUT2D eigenvalue weighted by Crippen LogP contribution is 2.31. The summed E-state index contributed by atoms with van der Waals surface area (Å²) in [7, 11) is 1.77.